The average molecular weight is 142 g/mol. The third-order valence-corrected chi connectivity index (χ3v) is 1.20. The third-order valence-electron chi connectivity index (χ3n) is 1.20. The fraction of sp³-hybridized carbons (Fsp3) is 0.500. The third kappa shape index (κ3) is 1.55. The van der Waals surface area contributed by atoms with Crippen molar-refractivity contribution < 1.29 is 10.2 Å². The number of aliphatic hydroxyl groups is 2. The Morgan fingerprint density at radius 1 is 1.50 bits per heavy atom. The topological polar surface area (TPSA) is 69.1 Å². The van der Waals surface area contributed by atoms with E-state index in [0.717, 1.165) is 0 Å². The molecule has 56 valence electrons. The van der Waals surface area contributed by atoms with E-state index in [0.29, 0.717) is 17.9 Å². The van der Waals surface area contributed by atoms with Crippen molar-refractivity contribution in [2.75, 3.05) is 6.61 Å². The summed E-state index contributed by atoms with van der Waals surface area (Å²) in [6.07, 6.45) is 2.07. The van der Waals surface area contributed by atoms with E-state index >= 15 is 0 Å². The molecule has 0 unspecified atom stereocenters. The normalized spacial score (nSPS) is 10.2. The van der Waals surface area contributed by atoms with Crippen molar-refractivity contribution in [3.63, 3.8) is 0 Å². The molecule has 0 radical (unpaired) electrons. The molecule has 0 amide bonds. The minimum absolute atomic E-state index is 0.0293. The number of rotatable bonds is 3. The summed E-state index contributed by atoms with van der Waals surface area (Å²) >= 11 is 0. The summed E-state index contributed by atoms with van der Waals surface area (Å²) in [6.45, 7) is 0.0524. The van der Waals surface area contributed by atoms with Crippen LogP contribution < -0.4 is 0 Å². The van der Waals surface area contributed by atoms with Crippen molar-refractivity contribution in [1.29, 1.82) is 0 Å². The summed E-state index contributed by atoms with van der Waals surface area (Å²) in [4.78, 5) is 6.74. The van der Waals surface area contributed by atoms with Crippen LogP contribution in [0.25, 0.3) is 0 Å². The van der Waals surface area contributed by atoms with Gasteiger partial charge in [-0.05, 0) is 0 Å². The van der Waals surface area contributed by atoms with E-state index in [9.17, 15) is 0 Å². The largest absolute Gasteiger partial charge is 0.396 e. The van der Waals surface area contributed by atoms with Gasteiger partial charge in [0.25, 0.3) is 0 Å². The van der Waals surface area contributed by atoms with E-state index in [1.807, 2.05) is 0 Å². The number of hydrogen-bond acceptors (Lipinski definition) is 3. The van der Waals surface area contributed by atoms with Gasteiger partial charge >= 0.3 is 0 Å². The molecule has 1 heterocycles. The van der Waals surface area contributed by atoms with E-state index in [2.05, 4.69) is 9.97 Å². The highest BCUT2D eigenvalue weighted by atomic mass is 16.3. The van der Waals surface area contributed by atoms with Crippen LogP contribution in [-0.2, 0) is 13.0 Å². The van der Waals surface area contributed by atoms with Gasteiger partial charge in [-0.2, -0.15) is 0 Å². The van der Waals surface area contributed by atoms with Crippen LogP contribution in [0.15, 0.2) is 6.20 Å². The summed E-state index contributed by atoms with van der Waals surface area (Å²) in [7, 11) is 0. The molecule has 0 fully saturated rings. The van der Waals surface area contributed by atoms with E-state index < -0.39 is 0 Å². The van der Waals surface area contributed by atoms with Crippen LogP contribution in [0.3, 0.4) is 0 Å². The lowest BCUT2D eigenvalue weighted by Gasteiger charge is -1.88. The Kier molecular flexibility index (Phi) is 2.42. The number of aromatic nitrogens is 2. The summed E-state index contributed by atoms with van der Waals surface area (Å²) in [6, 6.07) is 0. The van der Waals surface area contributed by atoms with Crippen molar-refractivity contribution in [2.45, 2.75) is 13.0 Å². The fourth-order valence-electron chi connectivity index (χ4n) is 0.719. The highest BCUT2D eigenvalue weighted by molar-refractivity contribution is 4.99. The molecule has 0 aliphatic heterocycles. The van der Waals surface area contributed by atoms with Gasteiger partial charge in [0.15, 0.2) is 0 Å². The first-order valence-corrected chi connectivity index (χ1v) is 3.11. The monoisotopic (exact) mass is 142 g/mol. The van der Waals surface area contributed by atoms with Crippen LogP contribution in [0, 0.1) is 0 Å². The number of imidazole rings is 1. The maximum Gasteiger partial charge on any atom is 0.108 e. The minimum atomic E-state index is -0.0293. The molecule has 3 N–H and O–H groups in total. The molecule has 0 atom stereocenters. The average Bonchev–Trinajstić information content (AvgIpc) is 2.37. The zero-order valence-corrected chi connectivity index (χ0v) is 5.54. The second kappa shape index (κ2) is 3.34. The van der Waals surface area contributed by atoms with Gasteiger partial charge < -0.3 is 15.2 Å². The molecule has 4 heteroatoms. The lowest BCUT2D eigenvalue weighted by Crippen LogP contribution is -1.92. The molecule has 10 heavy (non-hydrogen) atoms. The molecule has 1 aromatic heterocycles. The van der Waals surface area contributed by atoms with Gasteiger partial charge in [-0.15, -0.1) is 0 Å². The van der Waals surface area contributed by atoms with Crippen LogP contribution >= 0.6 is 0 Å². The van der Waals surface area contributed by atoms with Gasteiger partial charge in [0.05, 0.1) is 25.1 Å². The Morgan fingerprint density at radius 2 is 2.30 bits per heavy atom. The van der Waals surface area contributed by atoms with E-state index in [-0.39, 0.29) is 13.2 Å². The predicted molar refractivity (Wildman–Crippen MR) is 35.3 cm³/mol. The van der Waals surface area contributed by atoms with Crippen molar-refractivity contribution >= 4 is 0 Å². The maximum atomic E-state index is 8.59. The van der Waals surface area contributed by atoms with Gasteiger partial charge in [0.1, 0.15) is 5.82 Å². The molecule has 0 saturated carbocycles. The van der Waals surface area contributed by atoms with Crippen molar-refractivity contribution in [3.8, 4) is 0 Å². The van der Waals surface area contributed by atoms with Crippen LogP contribution in [0.2, 0.25) is 0 Å². The first kappa shape index (κ1) is 7.24. The first-order valence-electron chi connectivity index (χ1n) is 3.11. The van der Waals surface area contributed by atoms with E-state index in [1.165, 1.54) is 0 Å². The smallest absolute Gasteiger partial charge is 0.108 e. The number of nitrogens with zero attached hydrogens (tertiary/aromatic N) is 1. The number of nitrogens with one attached hydrogen (secondary N) is 1. The Hall–Kier alpha value is -0.870. The second-order valence-corrected chi connectivity index (χ2v) is 1.99. The summed E-state index contributed by atoms with van der Waals surface area (Å²) in [5.74, 6) is 0.714. The zero-order chi connectivity index (χ0) is 7.40. The number of hydrogen-bond donors (Lipinski definition) is 3. The maximum absolute atomic E-state index is 8.59. The number of aliphatic hydroxyl groups excluding tert-OH is 2. The number of aromatic amines is 1. The Labute approximate surface area is 58.5 Å². The zero-order valence-electron chi connectivity index (χ0n) is 5.54. The van der Waals surface area contributed by atoms with E-state index in [1.54, 1.807) is 6.20 Å². The Bertz CT molecular complexity index is 197. The predicted octanol–water partition coefficient (Wildman–Crippen LogP) is -0.563. The first-order chi connectivity index (χ1) is 4.86. The van der Waals surface area contributed by atoms with Crippen molar-refractivity contribution in [3.05, 3.63) is 17.7 Å². The molecule has 0 aliphatic carbocycles. The molecule has 1 aromatic rings. The fourth-order valence-corrected chi connectivity index (χ4v) is 0.719. The molecule has 4 nitrogen and oxygen atoms in total. The lowest BCUT2D eigenvalue weighted by molar-refractivity contribution is 0.276. The van der Waals surface area contributed by atoms with Gasteiger partial charge in [-0.1, -0.05) is 0 Å². The van der Waals surface area contributed by atoms with Gasteiger partial charge in [-0.25, -0.2) is 4.98 Å². The minimum Gasteiger partial charge on any atom is -0.396 e. The van der Waals surface area contributed by atoms with Crippen LogP contribution in [0.4, 0.5) is 0 Å². The molecular weight excluding hydrogens is 132 g/mol. The lowest BCUT2D eigenvalue weighted by atomic mass is 10.4. The number of H-pyrrole nitrogens is 1. The molecule has 0 aromatic carbocycles. The Morgan fingerprint density at radius 3 is 2.80 bits per heavy atom. The molecule has 0 bridgehead atoms. The van der Waals surface area contributed by atoms with Crippen molar-refractivity contribution in [2.24, 2.45) is 0 Å². The second-order valence-electron chi connectivity index (χ2n) is 1.99. The molecule has 0 saturated heterocycles. The highest BCUT2D eigenvalue weighted by Gasteiger charge is 1.96. The summed E-state index contributed by atoms with van der Waals surface area (Å²) in [5.41, 5.74) is 0.684. The highest BCUT2D eigenvalue weighted by Crippen LogP contribution is 1.96. The van der Waals surface area contributed by atoms with Crippen LogP contribution in [-0.4, -0.2) is 26.8 Å². The van der Waals surface area contributed by atoms with Crippen molar-refractivity contribution in [1.82, 2.24) is 9.97 Å². The summed E-state index contributed by atoms with van der Waals surface area (Å²) in [5, 5.41) is 17.1. The molecule has 1 rings (SSSR count). The van der Waals surface area contributed by atoms with Gasteiger partial charge in [0.2, 0.25) is 0 Å². The van der Waals surface area contributed by atoms with E-state index in [4.69, 9.17) is 10.2 Å². The van der Waals surface area contributed by atoms with Gasteiger partial charge in [-0.3, -0.25) is 0 Å². The Balaban J connectivity index is 2.59. The molecule has 0 spiro atoms. The molecular formula is C6H10N2O2. The van der Waals surface area contributed by atoms with Crippen LogP contribution in [0.5, 0.6) is 0 Å². The van der Waals surface area contributed by atoms with Crippen LogP contribution in [0.1, 0.15) is 11.5 Å². The van der Waals surface area contributed by atoms with Gasteiger partial charge in [0, 0.05) is 6.42 Å². The SMILES string of the molecule is OCCc1ncc(CO)[nH]1. The standard InChI is InChI=1S/C6H10N2O2/c9-2-1-6-7-3-5(4-10)8-6/h3,9-10H,1-2,4H2,(H,7,8). The quantitative estimate of drug-likeness (QED) is 0.529. The molecule has 0 aliphatic rings. The summed E-state index contributed by atoms with van der Waals surface area (Å²) < 4.78 is 0.